The van der Waals surface area contributed by atoms with Crippen LogP contribution in [0.5, 0.6) is 0 Å². The molecule has 0 atom stereocenters. The van der Waals surface area contributed by atoms with E-state index in [0.717, 1.165) is 24.7 Å². The van der Waals surface area contributed by atoms with E-state index in [4.69, 9.17) is 31.4 Å². The van der Waals surface area contributed by atoms with Gasteiger partial charge in [0.1, 0.15) is 0 Å². The van der Waals surface area contributed by atoms with Gasteiger partial charge in [-0.3, -0.25) is 4.90 Å². The summed E-state index contributed by atoms with van der Waals surface area (Å²) in [5, 5.41) is 15.6. The van der Waals surface area contributed by atoms with Crippen LogP contribution in [0.3, 0.4) is 0 Å². The van der Waals surface area contributed by atoms with Crippen molar-refractivity contribution < 1.29 is 19.8 Å². The molecule has 0 aliphatic carbocycles. The molecule has 0 amide bonds. The summed E-state index contributed by atoms with van der Waals surface area (Å²) in [7, 11) is 0. The van der Waals surface area contributed by atoms with Gasteiger partial charge in [0.15, 0.2) is 0 Å². The van der Waals surface area contributed by atoms with Crippen LogP contribution >= 0.6 is 11.6 Å². The molecule has 0 aliphatic heterocycles. The average Bonchev–Trinajstić information content (AvgIpc) is 2.57. The third-order valence-corrected chi connectivity index (χ3v) is 3.60. The van der Waals surface area contributed by atoms with E-state index in [-0.39, 0.29) is 0 Å². The molecule has 0 saturated heterocycles. The van der Waals surface area contributed by atoms with Gasteiger partial charge in [-0.15, -0.1) is 0 Å². The van der Waals surface area contributed by atoms with Crippen molar-refractivity contribution in [1.29, 1.82) is 0 Å². The topological polar surface area (TPSA) is 77.8 Å². The highest BCUT2D eigenvalue weighted by atomic mass is 35.5. The molecule has 0 unspecified atom stereocenters. The van der Waals surface area contributed by atoms with Crippen molar-refractivity contribution in [3.63, 3.8) is 0 Å². The number of carbonyl (C=O) groups is 2. The second-order valence-corrected chi connectivity index (χ2v) is 5.40. The lowest BCUT2D eigenvalue weighted by atomic mass is 10.1. The third kappa shape index (κ3) is 7.26. The Morgan fingerprint density at radius 3 is 1.96 bits per heavy atom. The number of benzene rings is 2. The highest BCUT2D eigenvalue weighted by Crippen LogP contribution is 2.18. The number of rotatable bonds is 5. The van der Waals surface area contributed by atoms with E-state index in [1.165, 1.54) is 11.1 Å². The molecule has 5 nitrogen and oxygen atoms in total. The maximum absolute atomic E-state index is 9.10. The van der Waals surface area contributed by atoms with E-state index in [1.807, 2.05) is 24.3 Å². The van der Waals surface area contributed by atoms with Crippen molar-refractivity contribution in [2.45, 2.75) is 20.0 Å². The van der Waals surface area contributed by atoms with Crippen LogP contribution < -0.4 is 0 Å². The van der Waals surface area contributed by atoms with Crippen LogP contribution in [0.15, 0.2) is 54.6 Å². The van der Waals surface area contributed by atoms with Crippen molar-refractivity contribution >= 4 is 23.5 Å². The van der Waals surface area contributed by atoms with E-state index in [0.29, 0.717) is 0 Å². The fourth-order valence-corrected chi connectivity index (χ4v) is 2.18. The van der Waals surface area contributed by atoms with Gasteiger partial charge in [-0.25, -0.2) is 9.59 Å². The van der Waals surface area contributed by atoms with Crippen LogP contribution in [0, 0.1) is 0 Å². The van der Waals surface area contributed by atoms with Gasteiger partial charge in [-0.2, -0.15) is 0 Å². The Balaban J connectivity index is 0.000000413. The normalized spacial score (nSPS) is 9.96. The molecule has 0 aliphatic rings. The first kappa shape index (κ1) is 19.7. The van der Waals surface area contributed by atoms with Gasteiger partial charge in [0.05, 0.1) is 0 Å². The Hall–Kier alpha value is -2.37. The number of hydrogen-bond donors (Lipinski definition) is 2. The molecule has 0 spiro atoms. The fraction of sp³-hybridized carbons (Fsp3) is 0.222. The average molecular weight is 350 g/mol. The third-order valence-electron chi connectivity index (χ3n) is 3.23. The molecule has 0 heterocycles. The second kappa shape index (κ2) is 10.4. The van der Waals surface area contributed by atoms with Gasteiger partial charge in [0, 0.05) is 18.1 Å². The van der Waals surface area contributed by atoms with Gasteiger partial charge in [0.2, 0.25) is 0 Å². The van der Waals surface area contributed by atoms with Crippen molar-refractivity contribution in [3.05, 3.63) is 70.7 Å². The fourth-order valence-electron chi connectivity index (χ4n) is 1.99. The van der Waals surface area contributed by atoms with E-state index in [1.54, 1.807) is 0 Å². The predicted molar refractivity (Wildman–Crippen MR) is 93.0 cm³/mol. The van der Waals surface area contributed by atoms with Gasteiger partial charge < -0.3 is 10.2 Å². The maximum atomic E-state index is 9.10. The SMILES string of the molecule is CCN(Cc1ccccc1)Cc1ccccc1Cl.O=C(O)C(=O)O. The van der Waals surface area contributed by atoms with Crippen molar-refractivity contribution in [2.24, 2.45) is 0 Å². The Morgan fingerprint density at radius 1 is 0.917 bits per heavy atom. The summed E-state index contributed by atoms with van der Waals surface area (Å²) >= 11 is 6.20. The predicted octanol–water partition coefficient (Wildman–Crippen LogP) is 3.52. The first-order chi connectivity index (χ1) is 11.4. The van der Waals surface area contributed by atoms with E-state index in [9.17, 15) is 0 Å². The Bertz CT molecular complexity index is 649. The zero-order chi connectivity index (χ0) is 17.9. The quantitative estimate of drug-likeness (QED) is 0.807. The zero-order valence-electron chi connectivity index (χ0n) is 13.4. The minimum absolute atomic E-state index is 0.851. The Morgan fingerprint density at radius 2 is 1.46 bits per heavy atom. The summed E-state index contributed by atoms with van der Waals surface area (Å²) in [4.78, 5) is 20.6. The molecule has 0 aromatic heterocycles. The molecule has 2 aromatic carbocycles. The lowest BCUT2D eigenvalue weighted by Crippen LogP contribution is -2.22. The van der Waals surface area contributed by atoms with Crippen LogP contribution in [0.4, 0.5) is 0 Å². The second-order valence-electron chi connectivity index (χ2n) is 4.99. The summed E-state index contributed by atoms with van der Waals surface area (Å²) in [5.41, 5.74) is 2.53. The van der Waals surface area contributed by atoms with E-state index in [2.05, 4.69) is 42.2 Å². The maximum Gasteiger partial charge on any atom is 0.414 e. The molecular weight excluding hydrogens is 330 g/mol. The lowest BCUT2D eigenvalue weighted by Gasteiger charge is -2.21. The number of halogens is 1. The first-order valence-corrected chi connectivity index (χ1v) is 7.77. The minimum atomic E-state index is -1.82. The minimum Gasteiger partial charge on any atom is -0.473 e. The van der Waals surface area contributed by atoms with Gasteiger partial charge in [0.25, 0.3) is 0 Å². The van der Waals surface area contributed by atoms with Gasteiger partial charge in [-0.1, -0.05) is 67.1 Å². The summed E-state index contributed by atoms with van der Waals surface area (Å²) in [5.74, 6) is -3.65. The lowest BCUT2D eigenvalue weighted by molar-refractivity contribution is -0.159. The Labute approximate surface area is 146 Å². The van der Waals surface area contributed by atoms with Crippen LogP contribution in [-0.2, 0) is 22.7 Å². The Kier molecular flexibility index (Phi) is 8.54. The summed E-state index contributed by atoms with van der Waals surface area (Å²) in [6.45, 7) is 5.05. The van der Waals surface area contributed by atoms with E-state index >= 15 is 0 Å². The van der Waals surface area contributed by atoms with Crippen LogP contribution in [0.1, 0.15) is 18.1 Å². The molecular formula is C18H20ClNO4. The molecule has 2 aromatic rings. The highest BCUT2D eigenvalue weighted by Gasteiger charge is 2.07. The number of hydrogen-bond acceptors (Lipinski definition) is 3. The molecule has 2 rings (SSSR count). The highest BCUT2D eigenvalue weighted by molar-refractivity contribution is 6.31. The standard InChI is InChI=1S/C16H18ClN.C2H2O4/c1-2-18(12-14-8-4-3-5-9-14)13-15-10-6-7-11-16(15)17;3-1(4)2(5)6/h3-11H,2,12-13H2,1H3;(H,3,4)(H,5,6). The van der Waals surface area contributed by atoms with Gasteiger partial charge >= 0.3 is 11.9 Å². The molecule has 128 valence electrons. The molecule has 0 fully saturated rings. The number of aliphatic carboxylic acids is 2. The molecule has 0 radical (unpaired) electrons. The van der Waals surface area contributed by atoms with Crippen molar-refractivity contribution in [3.8, 4) is 0 Å². The van der Waals surface area contributed by atoms with Crippen molar-refractivity contribution in [1.82, 2.24) is 4.90 Å². The molecule has 24 heavy (non-hydrogen) atoms. The number of nitrogens with zero attached hydrogens (tertiary/aromatic N) is 1. The number of carboxylic acids is 2. The smallest absolute Gasteiger partial charge is 0.414 e. The molecule has 0 bridgehead atoms. The molecule has 6 heteroatoms. The van der Waals surface area contributed by atoms with E-state index < -0.39 is 11.9 Å². The summed E-state index contributed by atoms with van der Waals surface area (Å²) in [6, 6.07) is 18.6. The molecule has 2 N–H and O–H groups in total. The summed E-state index contributed by atoms with van der Waals surface area (Å²) < 4.78 is 0. The van der Waals surface area contributed by atoms with Crippen LogP contribution in [-0.4, -0.2) is 33.6 Å². The van der Waals surface area contributed by atoms with Gasteiger partial charge in [-0.05, 0) is 23.7 Å². The van der Waals surface area contributed by atoms with Crippen LogP contribution in [0.2, 0.25) is 5.02 Å². The van der Waals surface area contributed by atoms with Crippen LogP contribution in [0.25, 0.3) is 0 Å². The zero-order valence-corrected chi connectivity index (χ0v) is 14.1. The largest absolute Gasteiger partial charge is 0.473 e. The first-order valence-electron chi connectivity index (χ1n) is 7.40. The number of carboxylic acid groups (broad SMARTS) is 2. The monoisotopic (exact) mass is 349 g/mol. The summed E-state index contributed by atoms with van der Waals surface area (Å²) in [6.07, 6.45) is 0. The molecule has 0 saturated carbocycles. The van der Waals surface area contributed by atoms with Crippen molar-refractivity contribution in [2.75, 3.05) is 6.54 Å².